The standard InChI is InChI=1S/C30H45FO/c1-3-5-7-8-9-22-10-11-24-18-25(13-12-23(24)17-22)26-14-15-27-21-30(32-16-6-4-2)29(31)20-28(27)19-26/h4,6,20-26H,3,5,7-19H2,1-2H3/b6-4+. The number of fused-ring (bicyclic) bond motifs is 2. The van der Waals surface area contributed by atoms with E-state index in [1.165, 1.54) is 88.2 Å². The van der Waals surface area contributed by atoms with Crippen molar-refractivity contribution in [3.05, 3.63) is 41.2 Å². The molecule has 4 rings (SSSR count). The highest BCUT2D eigenvalue weighted by Crippen LogP contribution is 2.49. The van der Waals surface area contributed by atoms with Crippen molar-refractivity contribution in [2.45, 2.75) is 104 Å². The number of aryl methyl sites for hydroxylation is 1. The third-order valence-electron chi connectivity index (χ3n) is 8.99. The normalized spacial score (nSPS) is 30.2. The smallest absolute Gasteiger partial charge is 0.165 e. The summed E-state index contributed by atoms with van der Waals surface area (Å²) in [5, 5.41) is 0. The SMILES string of the molecule is C/C=C/COc1cc2c(cc1F)CC(C1CCC3CC(CCCCCC)CCC3C1)CC2. The predicted octanol–water partition coefficient (Wildman–Crippen LogP) is 8.69. The van der Waals surface area contributed by atoms with Crippen LogP contribution in [-0.4, -0.2) is 6.61 Å². The first-order valence-corrected chi connectivity index (χ1v) is 13.7. The monoisotopic (exact) mass is 440 g/mol. The molecular formula is C30H45FO. The fourth-order valence-electron chi connectivity index (χ4n) is 7.10. The summed E-state index contributed by atoms with van der Waals surface area (Å²) in [5.74, 6) is 4.84. The highest BCUT2D eigenvalue weighted by atomic mass is 19.1. The molecule has 5 unspecified atom stereocenters. The van der Waals surface area contributed by atoms with Crippen LogP contribution in [0.3, 0.4) is 0 Å². The Labute approximate surface area is 196 Å². The van der Waals surface area contributed by atoms with Gasteiger partial charge in [0.2, 0.25) is 0 Å². The van der Waals surface area contributed by atoms with E-state index in [-0.39, 0.29) is 5.82 Å². The summed E-state index contributed by atoms with van der Waals surface area (Å²) < 4.78 is 20.2. The minimum absolute atomic E-state index is 0.185. The summed E-state index contributed by atoms with van der Waals surface area (Å²) >= 11 is 0. The first-order valence-electron chi connectivity index (χ1n) is 13.7. The Morgan fingerprint density at radius 1 is 0.906 bits per heavy atom. The Hall–Kier alpha value is -1.31. The fourth-order valence-corrected chi connectivity index (χ4v) is 7.10. The largest absolute Gasteiger partial charge is 0.486 e. The molecule has 5 atom stereocenters. The summed E-state index contributed by atoms with van der Waals surface area (Å²) in [4.78, 5) is 0. The van der Waals surface area contributed by atoms with Gasteiger partial charge in [-0.3, -0.25) is 0 Å². The molecule has 0 heterocycles. The molecule has 1 aromatic rings. The number of rotatable bonds is 9. The minimum atomic E-state index is -0.185. The lowest BCUT2D eigenvalue weighted by Crippen LogP contribution is -2.35. The molecule has 0 spiro atoms. The molecule has 2 saturated carbocycles. The minimum Gasteiger partial charge on any atom is -0.486 e. The number of benzene rings is 1. The van der Waals surface area contributed by atoms with Crippen LogP contribution in [0.4, 0.5) is 4.39 Å². The van der Waals surface area contributed by atoms with E-state index in [4.69, 9.17) is 4.74 Å². The van der Waals surface area contributed by atoms with Crippen LogP contribution < -0.4 is 4.74 Å². The maximum Gasteiger partial charge on any atom is 0.165 e. The molecule has 3 aliphatic rings. The molecule has 1 nitrogen and oxygen atoms in total. The lowest BCUT2D eigenvalue weighted by Gasteiger charge is -2.45. The van der Waals surface area contributed by atoms with Crippen molar-refractivity contribution in [3.63, 3.8) is 0 Å². The van der Waals surface area contributed by atoms with Crippen LogP contribution in [0.1, 0.15) is 102 Å². The molecule has 32 heavy (non-hydrogen) atoms. The second-order valence-corrected chi connectivity index (χ2v) is 11.1. The molecule has 0 N–H and O–H groups in total. The van der Waals surface area contributed by atoms with Crippen molar-refractivity contribution in [3.8, 4) is 5.75 Å². The second-order valence-electron chi connectivity index (χ2n) is 11.1. The van der Waals surface area contributed by atoms with Gasteiger partial charge in [0, 0.05) is 0 Å². The van der Waals surface area contributed by atoms with E-state index < -0.39 is 0 Å². The molecule has 0 radical (unpaired) electrons. The molecule has 2 heteroatoms. The van der Waals surface area contributed by atoms with Gasteiger partial charge in [-0.25, -0.2) is 4.39 Å². The van der Waals surface area contributed by atoms with Gasteiger partial charge < -0.3 is 4.74 Å². The lowest BCUT2D eigenvalue weighted by molar-refractivity contribution is 0.0689. The summed E-state index contributed by atoms with van der Waals surface area (Å²) in [6.07, 6.45) is 23.2. The van der Waals surface area contributed by atoms with Crippen molar-refractivity contribution in [1.82, 2.24) is 0 Å². The van der Waals surface area contributed by atoms with Gasteiger partial charge >= 0.3 is 0 Å². The lowest BCUT2D eigenvalue weighted by atomic mass is 9.61. The van der Waals surface area contributed by atoms with E-state index in [0.29, 0.717) is 12.4 Å². The molecule has 0 aromatic heterocycles. The highest BCUT2D eigenvalue weighted by Gasteiger charge is 2.38. The van der Waals surface area contributed by atoms with E-state index >= 15 is 0 Å². The Balaban J connectivity index is 1.28. The third kappa shape index (κ3) is 5.97. The van der Waals surface area contributed by atoms with Gasteiger partial charge in [0.15, 0.2) is 11.6 Å². The molecule has 0 saturated heterocycles. The number of halogens is 1. The number of hydrogen-bond acceptors (Lipinski definition) is 1. The quantitative estimate of drug-likeness (QED) is 0.276. The van der Waals surface area contributed by atoms with Gasteiger partial charge in [-0.15, -0.1) is 0 Å². The van der Waals surface area contributed by atoms with Crippen LogP contribution in [0, 0.1) is 35.4 Å². The second kappa shape index (κ2) is 11.7. The maximum absolute atomic E-state index is 14.6. The van der Waals surface area contributed by atoms with Gasteiger partial charge in [0.25, 0.3) is 0 Å². The van der Waals surface area contributed by atoms with Gasteiger partial charge in [-0.2, -0.15) is 0 Å². The average Bonchev–Trinajstić information content (AvgIpc) is 2.81. The summed E-state index contributed by atoms with van der Waals surface area (Å²) in [5.41, 5.74) is 2.56. The fraction of sp³-hybridized carbons (Fsp3) is 0.733. The van der Waals surface area contributed by atoms with Crippen molar-refractivity contribution >= 4 is 0 Å². The summed E-state index contributed by atoms with van der Waals surface area (Å²) in [7, 11) is 0. The average molecular weight is 441 g/mol. The zero-order valence-corrected chi connectivity index (χ0v) is 20.6. The van der Waals surface area contributed by atoms with E-state index in [1.54, 1.807) is 6.07 Å². The van der Waals surface area contributed by atoms with Crippen LogP contribution in [0.2, 0.25) is 0 Å². The molecule has 1 aromatic carbocycles. The molecular weight excluding hydrogens is 395 g/mol. The van der Waals surface area contributed by atoms with Crippen LogP contribution in [-0.2, 0) is 12.8 Å². The van der Waals surface area contributed by atoms with Crippen molar-refractivity contribution in [2.75, 3.05) is 6.61 Å². The van der Waals surface area contributed by atoms with Gasteiger partial charge in [0.05, 0.1) is 0 Å². The number of ether oxygens (including phenoxy) is 1. The topological polar surface area (TPSA) is 9.23 Å². The van der Waals surface area contributed by atoms with Crippen molar-refractivity contribution < 1.29 is 9.13 Å². The van der Waals surface area contributed by atoms with Crippen molar-refractivity contribution in [1.29, 1.82) is 0 Å². The van der Waals surface area contributed by atoms with Crippen LogP contribution in [0.25, 0.3) is 0 Å². The van der Waals surface area contributed by atoms with E-state index in [2.05, 4.69) is 6.92 Å². The number of allylic oxidation sites excluding steroid dienone is 1. The van der Waals surface area contributed by atoms with E-state index in [1.807, 2.05) is 25.1 Å². The van der Waals surface area contributed by atoms with Crippen molar-refractivity contribution in [2.24, 2.45) is 29.6 Å². The summed E-state index contributed by atoms with van der Waals surface area (Å²) in [6, 6.07) is 3.75. The van der Waals surface area contributed by atoms with E-state index in [9.17, 15) is 4.39 Å². The molecule has 0 bridgehead atoms. The molecule has 0 amide bonds. The van der Waals surface area contributed by atoms with Gasteiger partial charge in [-0.05, 0) is 111 Å². The molecule has 2 fully saturated rings. The Morgan fingerprint density at radius 2 is 1.69 bits per heavy atom. The van der Waals surface area contributed by atoms with Crippen LogP contribution >= 0.6 is 0 Å². The Kier molecular flexibility index (Phi) is 8.72. The molecule has 178 valence electrons. The van der Waals surface area contributed by atoms with E-state index in [0.717, 1.165) is 42.4 Å². The van der Waals surface area contributed by atoms with Gasteiger partial charge in [0.1, 0.15) is 6.61 Å². The zero-order chi connectivity index (χ0) is 22.3. The maximum atomic E-state index is 14.6. The Bertz CT molecular complexity index is 753. The highest BCUT2D eigenvalue weighted by molar-refractivity contribution is 5.39. The molecule has 3 aliphatic carbocycles. The third-order valence-corrected chi connectivity index (χ3v) is 8.99. The van der Waals surface area contributed by atoms with Gasteiger partial charge in [-0.1, -0.05) is 57.6 Å². The first kappa shape index (κ1) is 23.8. The zero-order valence-electron chi connectivity index (χ0n) is 20.6. The van der Waals surface area contributed by atoms with Crippen LogP contribution in [0.5, 0.6) is 5.75 Å². The Morgan fingerprint density at radius 3 is 2.50 bits per heavy atom. The molecule has 0 aliphatic heterocycles. The number of hydrogen-bond donors (Lipinski definition) is 0. The predicted molar refractivity (Wildman–Crippen MR) is 133 cm³/mol. The first-order chi connectivity index (χ1) is 15.7. The summed E-state index contributed by atoms with van der Waals surface area (Å²) in [6.45, 7) is 4.71. The number of unbranched alkanes of at least 4 members (excludes halogenated alkanes) is 3. The van der Waals surface area contributed by atoms with Crippen LogP contribution in [0.15, 0.2) is 24.3 Å².